The average molecular weight is 457 g/mol. The normalized spacial score (nSPS) is 21.2. The van der Waals surface area contributed by atoms with Crippen LogP contribution in [0.1, 0.15) is 48.2 Å². The Balaban J connectivity index is 1.56. The minimum absolute atomic E-state index is 0.0542. The number of nitrogens with two attached hydrogens (primary N) is 1. The van der Waals surface area contributed by atoms with Gasteiger partial charge in [-0.05, 0) is 75.3 Å². The molecular formula is C27H32N6O. The molecular weight excluding hydrogens is 424 g/mol. The number of nitrogens with one attached hydrogen (secondary N) is 2. The Labute approximate surface area is 200 Å². The van der Waals surface area contributed by atoms with Crippen molar-refractivity contribution in [2.75, 3.05) is 23.8 Å². The number of H-pyrrole nitrogens is 1. The van der Waals surface area contributed by atoms with Crippen molar-refractivity contribution in [2.45, 2.75) is 45.6 Å². The van der Waals surface area contributed by atoms with E-state index < -0.39 is 0 Å². The zero-order valence-corrected chi connectivity index (χ0v) is 20.1. The lowest BCUT2D eigenvalue weighted by Crippen LogP contribution is -2.36. The first-order valence-corrected chi connectivity index (χ1v) is 12.0. The van der Waals surface area contributed by atoms with Crippen LogP contribution in [0.2, 0.25) is 0 Å². The maximum atomic E-state index is 13.7. The third kappa shape index (κ3) is 4.23. The molecule has 2 aromatic heterocycles. The number of anilines is 2. The van der Waals surface area contributed by atoms with Crippen molar-refractivity contribution < 1.29 is 4.79 Å². The van der Waals surface area contributed by atoms with E-state index in [2.05, 4.69) is 39.3 Å². The summed E-state index contributed by atoms with van der Waals surface area (Å²) in [5.74, 6) is 1.91. The molecule has 2 aliphatic rings. The van der Waals surface area contributed by atoms with Crippen LogP contribution >= 0.6 is 0 Å². The molecule has 0 atom stereocenters. The molecule has 7 nitrogen and oxygen atoms in total. The van der Waals surface area contributed by atoms with Crippen molar-refractivity contribution in [3.05, 3.63) is 59.0 Å². The van der Waals surface area contributed by atoms with Gasteiger partial charge < -0.3 is 20.9 Å². The fraction of sp³-hybridized carbons (Fsp3) is 0.370. The number of amides is 1. The second kappa shape index (κ2) is 9.06. The van der Waals surface area contributed by atoms with Gasteiger partial charge in [0, 0.05) is 48.3 Å². The van der Waals surface area contributed by atoms with Crippen LogP contribution in [-0.2, 0) is 4.79 Å². The summed E-state index contributed by atoms with van der Waals surface area (Å²) in [5.41, 5.74) is 12.8. The molecule has 0 unspecified atom stereocenters. The first kappa shape index (κ1) is 22.3. The number of aromatic amines is 1. The fourth-order valence-corrected chi connectivity index (χ4v) is 5.12. The second-order valence-corrected chi connectivity index (χ2v) is 9.55. The van der Waals surface area contributed by atoms with E-state index >= 15 is 0 Å². The number of hydrogen-bond donors (Lipinski definition) is 3. The quantitative estimate of drug-likeness (QED) is 0.490. The van der Waals surface area contributed by atoms with E-state index in [-0.39, 0.29) is 11.9 Å². The third-order valence-electron chi connectivity index (χ3n) is 7.03. The standard InChI is InChI=1S/C27H32N6O/c1-16-12-17(2)31-23(16)14-22-21-9-6-19(26-30-11-10-25(29-3)32-26)13-24(21)33(27(22)34)15-18-4-7-20(28)8-5-18/h6,9-14,18,20,31H,4-5,7-8,15,28H2,1-3H3,(H,29,30,32)/b22-14-. The van der Waals surface area contributed by atoms with Crippen LogP contribution in [0.5, 0.6) is 0 Å². The third-order valence-corrected chi connectivity index (χ3v) is 7.03. The fourth-order valence-electron chi connectivity index (χ4n) is 5.12. The summed E-state index contributed by atoms with van der Waals surface area (Å²) in [4.78, 5) is 28.2. The minimum Gasteiger partial charge on any atom is -0.373 e. The van der Waals surface area contributed by atoms with Gasteiger partial charge in [0.1, 0.15) is 5.82 Å². The van der Waals surface area contributed by atoms with Crippen LogP contribution in [0.15, 0.2) is 36.5 Å². The molecule has 3 aromatic rings. The Hall–Kier alpha value is -3.45. The van der Waals surface area contributed by atoms with Gasteiger partial charge in [-0.1, -0.05) is 12.1 Å². The Morgan fingerprint density at radius 2 is 1.97 bits per heavy atom. The average Bonchev–Trinajstić information content (AvgIpc) is 3.30. The molecule has 0 bridgehead atoms. The van der Waals surface area contributed by atoms with Gasteiger partial charge in [0.15, 0.2) is 5.82 Å². The smallest absolute Gasteiger partial charge is 0.259 e. The molecule has 176 valence electrons. The van der Waals surface area contributed by atoms with E-state index in [0.717, 1.165) is 70.8 Å². The first-order chi connectivity index (χ1) is 16.4. The molecule has 1 saturated carbocycles. The lowest BCUT2D eigenvalue weighted by Gasteiger charge is -2.30. The maximum absolute atomic E-state index is 13.7. The predicted molar refractivity (Wildman–Crippen MR) is 137 cm³/mol. The highest BCUT2D eigenvalue weighted by Gasteiger charge is 2.35. The van der Waals surface area contributed by atoms with E-state index in [9.17, 15) is 4.79 Å². The van der Waals surface area contributed by atoms with Crippen molar-refractivity contribution in [3.63, 3.8) is 0 Å². The molecule has 7 heteroatoms. The monoisotopic (exact) mass is 456 g/mol. The van der Waals surface area contributed by atoms with Crippen LogP contribution in [0.3, 0.4) is 0 Å². The van der Waals surface area contributed by atoms with Crippen LogP contribution in [0.4, 0.5) is 11.5 Å². The molecule has 1 fully saturated rings. The van der Waals surface area contributed by atoms with Gasteiger partial charge >= 0.3 is 0 Å². The summed E-state index contributed by atoms with van der Waals surface area (Å²) in [7, 11) is 1.84. The van der Waals surface area contributed by atoms with Gasteiger partial charge in [-0.25, -0.2) is 9.97 Å². The van der Waals surface area contributed by atoms with Crippen LogP contribution in [0, 0.1) is 19.8 Å². The SMILES string of the molecule is CNc1ccnc(-c2ccc3c(c2)N(CC2CCC(N)CC2)C(=O)/C3=C\c2[nH]c(C)cc2C)n1. The van der Waals surface area contributed by atoms with Crippen molar-refractivity contribution >= 4 is 29.1 Å². The van der Waals surface area contributed by atoms with Gasteiger partial charge in [-0.3, -0.25) is 4.79 Å². The number of rotatable bonds is 5. The van der Waals surface area contributed by atoms with Gasteiger partial charge in [0.05, 0.1) is 11.3 Å². The highest BCUT2D eigenvalue weighted by molar-refractivity contribution is 6.36. The number of nitrogens with zero attached hydrogens (tertiary/aromatic N) is 3. The molecule has 0 spiro atoms. The van der Waals surface area contributed by atoms with E-state index in [1.165, 1.54) is 0 Å². The van der Waals surface area contributed by atoms with Gasteiger partial charge in [-0.2, -0.15) is 0 Å². The number of carbonyl (C=O) groups excluding carboxylic acids is 1. The summed E-state index contributed by atoms with van der Waals surface area (Å²) in [6.45, 7) is 4.80. The van der Waals surface area contributed by atoms with Crippen LogP contribution in [0.25, 0.3) is 23.0 Å². The highest BCUT2D eigenvalue weighted by Crippen LogP contribution is 2.41. The summed E-state index contributed by atoms with van der Waals surface area (Å²) >= 11 is 0. The van der Waals surface area contributed by atoms with Crippen molar-refractivity contribution in [3.8, 4) is 11.4 Å². The van der Waals surface area contributed by atoms with Crippen molar-refractivity contribution in [2.24, 2.45) is 11.7 Å². The van der Waals surface area contributed by atoms with Gasteiger partial charge in [0.2, 0.25) is 0 Å². The number of aryl methyl sites for hydroxylation is 2. The summed E-state index contributed by atoms with van der Waals surface area (Å²) in [6.07, 6.45) is 7.90. The molecule has 0 radical (unpaired) electrons. The van der Waals surface area contributed by atoms with E-state index in [0.29, 0.717) is 18.3 Å². The molecule has 1 aliphatic carbocycles. The summed E-state index contributed by atoms with van der Waals surface area (Å²) in [6, 6.07) is 10.3. The van der Waals surface area contributed by atoms with Crippen molar-refractivity contribution in [1.82, 2.24) is 15.0 Å². The molecule has 1 amide bonds. The first-order valence-electron chi connectivity index (χ1n) is 12.0. The maximum Gasteiger partial charge on any atom is 0.259 e. The lowest BCUT2D eigenvalue weighted by molar-refractivity contribution is -0.113. The number of fused-ring (bicyclic) bond motifs is 1. The van der Waals surface area contributed by atoms with E-state index in [1.54, 1.807) is 6.20 Å². The molecule has 1 aliphatic heterocycles. The Kier molecular flexibility index (Phi) is 5.96. The van der Waals surface area contributed by atoms with E-state index in [1.807, 2.05) is 43.1 Å². The Morgan fingerprint density at radius 1 is 1.18 bits per heavy atom. The van der Waals surface area contributed by atoms with Gasteiger partial charge in [0.25, 0.3) is 5.91 Å². The van der Waals surface area contributed by atoms with Gasteiger partial charge in [-0.15, -0.1) is 0 Å². The molecule has 1 aromatic carbocycles. The second-order valence-electron chi connectivity index (χ2n) is 9.55. The zero-order chi connectivity index (χ0) is 23.8. The molecule has 5 rings (SSSR count). The molecule has 0 saturated heterocycles. The number of aromatic nitrogens is 3. The predicted octanol–water partition coefficient (Wildman–Crippen LogP) is 4.53. The number of carbonyl (C=O) groups is 1. The highest BCUT2D eigenvalue weighted by atomic mass is 16.2. The molecule has 34 heavy (non-hydrogen) atoms. The zero-order valence-electron chi connectivity index (χ0n) is 20.1. The minimum atomic E-state index is 0.0542. The Bertz CT molecular complexity index is 1250. The number of benzene rings is 1. The largest absolute Gasteiger partial charge is 0.373 e. The molecule has 3 heterocycles. The lowest BCUT2D eigenvalue weighted by atomic mass is 9.86. The van der Waals surface area contributed by atoms with E-state index in [4.69, 9.17) is 5.73 Å². The topological polar surface area (TPSA) is 99.9 Å². The number of hydrogen-bond acceptors (Lipinski definition) is 5. The Morgan fingerprint density at radius 3 is 2.68 bits per heavy atom. The summed E-state index contributed by atoms with van der Waals surface area (Å²) in [5, 5.41) is 3.07. The summed E-state index contributed by atoms with van der Waals surface area (Å²) < 4.78 is 0. The van der Waals surface area contributed by atoms with Crippen molar-refractivity contribution in [1.29, 1.82) is 0 Å². The molecule has 4 N–H and O–H groups in total. The van der Waals surface area contributed by atoms with Crippen LogP contribution in [-0.4, -0.2) is 40.5 Å². The van der Waals surface area contributed by atoms with Crippen LogP contribution < -0.4 is 16.0 Å².